The summed E-state index contributed by atoms with van der Waals surface area (Å²) in [5.41, 5.74) is 4.90. The maximum Gasteiger partial charge on any atom is 0.0389 e. The van der Waals surface area contributed by atoms with Crippen molar-refractivity contribution in [1.29, 1.82) is 0 Å². The monoisotopic (exact) mass is 185 g/mol. The molecule has 1 aromatic rings. The number of benzene rings is 1. The molecule has 14 heavy (non-hydrogen) atoms. The van der Waals surface area contributed by atoms with E-state index in [1.54, 1.807) is 0 Å². The lowest BCUT2D eigenvalue weighted by atomic mass is 9.90. The van der Waals surface area contributed by atoms with Gasteiger partial charge in [-0.3, -0.25) is 0 Å². The maximum atomic E-state index is 4.04. The van der Waals surface area contributed by atoms with Crippen molar-refractivity contribution >= 4 is 11.8 Å². The molecule has 0 bridgehead atoms. The van der Waals surface area contributed by atoms with Crippen LogP contribution in [0, 0.1) is 0 Å². The average molecular weight is 185 g/mol. The van der Waals surface area contributed by atoms with Crippen LogP contribution in [0.4, 0.5) is 0 Å². The molecule has 1 nitrogen and oxygen atoms in total. The highest BCUT2D eigenvalue weighted by Crippen LogP contribution is 2.29. The molecule has 1 heterocycles. The van der Waals surface area contributed by atoms with Crippen molar-refractivity contribution in [2.45, 2.75) is 19.8 Å². The predicted octanol–water partition coefficient (Wildman–Crippen LogP) is 3.35. The summed E-state index contributed by atoms with van der Waals surface area (Å²) in [6, 6.07) is 6.41. The highest BCUT2D eigenvalue weighted by molar-refractivity contribution is 5.78. The Hall–Kier alpha value is -1.50. The standard InChI is InChI=1S/C13H15N/c1-9(2)12-6-4-5-11-7-8-14-10(3)13(11)12/h4-9,14H,3H2,1-2H3. The van der Waals surface area contributed by atoms with E-state index in [1.165, 1.54) is 16.7 Å². The van der Waals surface area contributed by atoms with Crippen molar-refractivity contribution < 1.29 is 0 Å². The largest absolute Gasteiger partial charge is 0.362 e. The van der Waals surface area contributed by atoms with Gasteiger partial charge in [-0.25, -0.2) is 0 Å². The van der Waals surface area contributed by atoms with E-state index < -0.39 is 0 Å². The Labute approximate surface area is 85.2 Å². The second kappa shape index (κ2) is 3.33. The van der Waals surface area contributed by atoms with Crippen molar-refractivity contribution in [3.05, 3.63) is 47.7 Å². The van der Waals surface area contributed by atoms with Crippen LogP contribution >= 0.6 is 0 Å². The molecule has 72 valence electrons. The number of fused-ring (bicyclic) bond motifs is 1. The minimum absolute atomic E-state index is 0.537. The number of hydrogen-bond donors (Lipinski definition) is 1. The van der Waals surface area contributed by atoms with Crippen LogP contribution in [0.5, 0.6) is 0 Å². The molecule has 0 aromatic heterocycles. The zero-order valence-electron chi connectivity index (χ0n) is 8.67. The zero-order chi connectivity index (χ0) is 10.1. The van der Waals surface area contributed by atoms with Crippen molar-refractivity contribution in [3.63, 3.8) is 0 Å². The molecule has 1 heteroatoms. The van der Waals surface area contributed by atoms with Gasteiger partial charge in [0, 0.05) is 17.5 Å². The van der Waals surface area contributed by atoms with E-state index in [4.69, 9.17) is 0 Å². The molecule has 0 unspecified atom stereocenters. The number of rotatable bonds is 1. The smallest absolute Gasteiger partial charge is 0.0389 e. The van der Waals surface area contributed by atoms with Crippen LogP contribution in [0.2, 0.25) is 0 Å². The molecule has 2 rings (SSSR count). The van der Waals surface area contributed by atoms with Gasteiger partial charge >= 0.3 is 0 Å². The lowest BCUT2D eigenvalue weighted by molar-refractivity contribution is 0.859. The summed E-state index contributed by atoms with van der Waals surface area (Å²) in [4.78, 5) is 0. The summed E-state index contributed by atoms with van der Waals surface area (Å²) in [6.07, 6.45) is 4.03. The Balaban J connectivity index is 2.64. The normalized spacial score (nSPS) is 14.1. The van der Waals surface area contributed by atoms with Gasteiger partial charge < -0.3 is 5.32 Å². The summed E-state index contributed by atoms with van der Waals surface area (Å²) in [6.45, 7) is 8.46. The van der Waals surface area contributed by atoms with Crippen molar-refractivity contribution in [1.82, 2.24) is 5.32 Å². The molecule has 0 spiro atoms. The van der Waals surface area contributed by atoms with Gasteiger partial charge in [0.1, 0.15) is 0 Å². The summed E-state index contributed by atoms with van der Waals surface area (Å²) in [5.74, 6) is 0.537. The molecular weight excluding hydrogens is 170 g/mol. The molecule has 0 atom stereocenters. The fourth-order valence-corrected chi connectivity index (χ4v) is 1.86. The van der Waals surface area contributed by atoms with Gasteiger partial charge in [-0.05, 0) is 23.1 Å². The molecule has 0 amide bonds. The maximum absolute atomic E-state index is 4.04. The van der Waals surface area contributed by atoms with Crippen molar-refractivity contribution in [3.8, 4) is 0 Å². The predicted molar refractivity (Wildman–Crippen MR) is 61.7 cm³/mol. The van der Waals surface area contributed by atoms with E-state index in [-0.39, 0.29) is 0 Å². The first-order valence-corrected chi connectivity index (χ1v) is 4.95. The Morgan fingerprint density at radius 2 is 2.07 bits per heavy atom. The summed E-state index contributed by atoms with van der Waals surface area (Å²) < 4.78 is 0. The number of nitrogens with one attached hydrogen (secondary N) is 1. The summed E-state index contributed by atoms with van der Waals surface area (Å²) in [5, 5.41) is 3.16. The van der Waals surface area contributed by atoms with Gasteiger partial charge in [0.15, 0.2) is 0 Å². The van der Waals surface area contributed by atoms with E-state index in [1.807, 2.05) is 6.20 Å². The van der Waals surface area contributed by atoms with Crippen LogP contribution in [0.15, 0.2) is 31.0 Å². The van der Waals surface area contributed by atoms with E-state index in [0.717, 1.165) is 5.70 Å². The molecule has 1 aromatic carbocycles. The molecule has 0 saturated carbocycles. The lowest BCUT2D eigenvalue weighted by Crippen LogP contribution is -2.11. The van der Waals surface area contributed by atoms with Crippen LogP contribution in [0.1, 0.15) is 36.5 Å². The molecule has 0 fully saturated rings. The van der Waals surface area contributed by atoms with Crippen LogP contribution < -0.4 is 5.32 Å². The fourth-order valence-electron chi connectivity index (χ4n) is 1.86. The SMILES string of the molecule is C=C1NC=Cc2cccc(C(C)C)c21. The van der Waals surface area contributed by atoms with Crippen LogP contribution in [-0.4, -0.2) is 0 Å². The molecule has 0 saturated heterocycles. The second-order valence-electron chi connectivity index (χ2n) is 3.92. The van der Waals surface area contributed by atoms with Crippen LogP contribution in [-0.2, 0) is 0 Å². The quantitative estimate of drug-likeness (QED) is 0.707. The second-order valence-corrected chi connectivity index (χ2v) is 3.92. The number of hydrogen-bond acceptors (Lipinski definition) is 1. The Kier molecular flexibility index (Phi) is 2.16. The van der Waals surface area contributed by atoms with Gasteiger partial charge in [-0.15, -0.1) is 0 Å². The average Bonchev–Trinajstić information content (AvgIpc) is 2.17. The molecule has 1 aliphatic heterocycles. The van der Waals surface area contributed by atoms with Gasteiger partial charge in [0.25, 0.3) is 0 Å². The van der Waals surface area contributed by atoms with Gasteiger partial charge in [-0.2, -0.15) is 0 Å². The molecular formula is C13H15N. The summed E-state index contributed by atoms with van der Waals surface area (Å²) in [7, 11) is 0. The summed E-state index contributed by atoms with van der Waals surface area (Å²) >= 11 is 0. The highest BCUT2D eigenvalue weighted by Gasteiger charge is 2.13. The highest BCUT2D eigenvalue weighted by atomic mass is 14.9. The first kappa shape index (κ1) is 9.07. The van der Waals surface area contributed by atoms with Crippen LogP contribution in [0.3, 0.4) is 0 Å². The Morgan fingerprint density at radius 1 is 1.29 bits per heavy atom. The van der Waals surface area contributed by atoms with Gasteiger partial charge in [0.2, 0.25) is 0 Å². The Morgan fingerprint density at radius 3 is 2.79 bits per heavy atom. The van der Waals surface area contributed by atoms with Crippen molar-refractivity contribution in [2.75, 3.05) is 0 Å². The third-order valence-electron chi connectivity index (χ3n) is 2.57. The third-order valence-corrected chi connectivity index (χ3v) is 2.57. The first-order chi connectivity index (χ1) is 6.70. The zero-order valence-corrected chi connectivity index (χ0v) is 8.67. The minimum Gasteiger partial charge on any atom is -0.362 e. The topological polar surface area (TPSA) is 12.0 Å². The van der Waals surface area contributed by atoms with E-state index in [2.05, 4.69) is 50.0 Å². The van der Waals surface area contributed by atoms with Crippen molar-refractivity contribution in [2.24, 2.45) is 0 Å². The lowest BCUT2D eigenvalue weighted by Gasteiger charge is -2.20. The minimum atomic E-state index is 0.537. The molecule has 1 N–H and O–H groups in total. The van der Waals surface area contributed by atoms with Gasteiger partial charge in [0.05, 0.1) is 0 Å². The fraction of sp³-hybridized carbons (Fsp3) is 0.231. The van der Waals surface area contributed by atoms with E-state index in [9.17, 15) is 0 Å². The molecule has 0 radical (unpaired) electrons. The van der Waals surface area contributed by atoms with Crippen LogP contribution in [0.25, 0.3) is 11.8 Å². The van der Waals surface area contributed by atoms with E-state index in [0.29, 0.717) is 5.92 Å². The Bertz CT molecular complexity index is 400. The third kappa shape index (κ3) is 1.35. The van der Waals surface area contributed by atoms with Gasteiger partial charge in [-0.1, -0.05) is 38.6 Å². The van der Waals surface area contributed by atoms with E-state index >= 15 is 0 Å². The molecule has 0 aliphatic carbocycles. The first-order valence-electron chi connectivity index (χ1n) is 4.95. The molecule has 1 aliphatic rings.